The lowest BCUT2D eigenvalue weighted by atomic mass is 10.0. The number of carbonyl (C=O) groups is 1. The summed E-state index contributed by atoms with van der Waals surface area (Å²) in [5.74, 6) is 0.0594. The van der Waals surface area contributed by atoms with Gasteiger partial charge in [0.25, 0.3) is 5.91 Å². The number of aryl methyl sites for hydroxylation is 1. The standard InChI is InChI=1S/C14H17BrClNO/c1-10-5-6-12(13(16)8-10)14(18)17-7-3-2-4-11(17)9-15/h5-6,8,11H,2-4,7,9H2,1H3. The minimum Gasteiger partial charge on any atom is -0.335 e. The van der Waals surface area contributed by atoms with Crippen LogP contribution >= 0.6 is 27.5 Å². The third-order valence-corrected chi connectivity index (χ3v) is 4.48. The zero-order valence-electron chi connectivity index (χ0n) is 10.5. The highest BCUT2D eigenvalue weighted by Crippen LogP contribution is 2.25. The second-order valence-corrected chi connectivity index (χ2v) is 5.84. The molecule has 2 nitrogen and oxygen atoms in total. The molecule has 1 amide bonds. The van der Waals surface area contributed by atoms with Gasteiger partial charge in [0.05, 0.1) is 10.6 Å². The number of piperidine rings is 1. The fourth-order valence-corrected chi connectivity index (χ4v) is 3.37. The number of hydrogen-bond acceptors (Lipinski definition) is 1. The summed E-state index contributed by atoms with van der Waals surface area (Å²) in [4.78, 5) is 14.5. The van der Waals surface area contributed by atoms with E-state index in [1.54, 1.807) is 0 Å². The maximum Gasteiger partial charge on any atom is 0.255 e. The summed E-state index contributed by atoms with van der Waals surface area (Å²) < 4.78 is 0. The van der Waals surface area contributed by atoms with Crippen molar-refractivity contribution in [1.82, 2.24) is 4.90 Å². The van der Waals surface area contributed by atoms with Gasteiger partial charge < -0.3 is 4.90 Å². The number of likely N-dealkylation sites (tertiary alicyclic amines) is 1. The molecule has 0 N–H and O–H groups in total. The van der Waals surface area contributed by atoms with E-state index in [1.807, 2.05) is 30.0 Å². The van der Waals surface area contributed by atoms with Gasteiger partial charge >= 0.3 is 0 Å². The van der Waals surface area contributed by atoms with E-state index in [9.17, 15) is 4.79 Å². The van der Waals surface area contributed by atoms with Crippen LogP contribution in [-0.4, -0.2) is 28.7 Å². The summed E-state index contributed by atoms with van der Waals surface area (Å²) in [5, 5.41) is 1.39. The molecule has 2 rings (SSSR count). The van der Waals surface area contributed by atoms with Crippen molar-refractivity contribution in [3.63, 3.8) is 0 Å². The first-order valence-electron chi connectivity index (χ1n) is 6.26. The number of hydrogen-bond donors (Lipinski definition) is 0. The Bertz CT molecular complexity index is 449. The van der Waals surface area contributed by atoms with Crippen LogP contribution in [0.2, 0.25) is 5.02 Å². The summed E-state index contributed by atoms with van der Waals surface area (Å²) in [5.41, 5.74) is 1.70. The molecule has 1 aromatic rings. The molecule has 0 saturated carbocycles. The highest BCUT2D eigenvalue weighted by Gasteiger charge is 2.27. The highest BCUT2D eigenvalue weighted by atomic mass is 79.9. The molecule has 1 heterocycles. The average Bonchev–Trinajstić information content (AvgIpc) is 2.38. The van der Waals surface area contributed by atoms with Crippen molar-refractivity contribution in [2.24, 2.45) is 0 Å². The van der Waals surface area contributed by atoms with Crippen LogP contribution in [0.1, 0.15) is 35.2 Å². The van der Waals surface area contributed by atoms with E-state index in [2.05, 4.69) is 15.9 Å². The van der Waals surface area contributed by atoms with Gasteiger partial charge in [0.1, 0.15) is 0 Å². The molecule has 4 heteroatoms. The Hall–Kier alpha value is -0.540. The minimum atomic E-state index is 0.0594. The van der Waals surface area contributed by atoms with Crippen LogP contribution in [0.15, 0.2) is 18.2 Å². The Kier molecular flexibility index (Phi) is 4.68. The first-order valence-corrected chi connectivity index (χ1v) is 7.76. The molecule has 0 radical (unpaired) electrons. The lowest BCUT2D eigenvalue weighted by molar-refractivity contribution is 0.0642. The third kappa shape index (κ3) is 2.89. The largest absolute Gasteiger partial charge is 0.335 e. The fraction of sp³-hybridized carbons (Fsp3) is 0.500. The van der Waals surface area contributed by atoms with Gasteiger partial charge in [-0.1, -0.05) is 33.6 Å². The first kappa shape index (κ1) is 13.9. The molecule has 1 aliphatic heterocycles. The van der Waals surface area contributed by atoms with Crippen molar-refractivity contribution < 1.29 is 4.79 Å². The monoisotopic (exact) mass is 329 g/mol. The predicted octanol–water partition coefficient (Wildman–Crippen LogP) is 4.04. The number of rotatable bonds is 2. The molecule has 0 aromatic heterocycles. The zero-order valence-corrected chi connectivity index (χ0v) is 12.8. The van der Waals surface area contributed by atoms with Crippen LogP contribution < -0.4 is 0 Å². The Balaban J connectivity index is 2.24. The summed E-state index contributed by atoms with van der Waals surface area (Å²) in [6, 6.07) is 5.91. The number of benzene rings is 1. The van der Waals surface area contributed by atoms with E-state index in [0.29, 0.717) is 16.6 Å². The Labute approximate surface area is 121 Å². The van der Waals surface area contributed by atoms with Crippen LogP contribution in [0.5, 0.6) is 0 Å². The van der Waals surface area contributed by atoms with Gasteiger partial charge in [0.2, 0.25) is 0 Å². The molecule has 1 saturated heterocycles. The number of carbonyl (C=O) groups excluding carboxylic acids is 1. The number of halogens is 2. The molecule has 0 spiro atoms. The minimum absolute atomic E-state index is 0.0594. The van der Waals surface area contributed by atoms with Crippen LogP contribution in [0.4, 0.5) is 0 Å². The van der Waals surface area contributed by atoms with Crippen molar-refractivity contribution in [3.05, 3.63) is 34.3 Å². The Morgan fingerprint density at radius 2 is 2.28 bits per heavy atom. The van der Waals surface area contributed by atoms with Gasteiger partial charge in [0.15, 0.2) is 0 Å². The number of nitrogens with zero attached hydrogens (tertiary/aromatic N) is 1. The number of amides is 1. The van der Waals surface area contributed by atoms with Crippen molar-refractivity contribution in [3.8, 4) is 0 Å². The lowest BCUT2D eigenvalue weighted by Crippen LogP contribution is -2.44. The van der Waals surface area contributed by atoms with Gasteiger partial charge in [-0.2, -0.15) is 0 Å². The lowest BCUT2D eigenvalue weighted by Gasteiger charge is -2.35. The molecule has 1 fully saturated rings. The maximum atomic E-state index is 12.5. The van der Waals surface area contributed by atoms with Gasteiger partial charge in [-0.05, 0) is 43.9 Å². The van der Waals surface area contributed by atoms with E-state index in [4.69, 9.17) is 11.6 Å². The van der Waals surface area contributed by atoms with Crippen molar-refractivity contribution in [1.29, 1.82) is 0 Å². The number of alkyl halides is 1. The summed E-state index contributed by atoms with van der Waals surface area (Å²) >= 11 is 9.67. The normalized spacial score (nSPS) is 19.9. The topological polar surface area (TPSA) is 20.3 Å². The quantitative estimate of drug-likeness (QED) is 0.750. The molecule has 0 aliphatic carbocycles. The van der Waals surface area contributed by atoms with E-state index in [1.165, 1.54) is 6.42 Å². The predicted molar refractivity (Wildman–Crippen MR) is 78.7 cm³/mol. The summed E-state index contributed by atoms with van der Waals surface area (Å²) in [6.45, 7) is 2.81. The first-order chi connectivity index (χ1) is 8.63. The molecule has 1 aromatic carbocycles. The van der Waals surface area contributed by atoms with E-state index in [0.717, 1.165) is 30.3 Å². The zero-order chi connectivity index (χ0) is 13.1. The van der Waals surface area contributed by atoms with Gasteiger partial charge in [0, 0.05) is 17.9 Å². The van der Waals surface area contributed by atoms with Crippen LogP contribution in [0.25, 0.3) is 0 Å². The smallest absolute Gasteiger partial charge is 0.255 e. The van der Waals surface area contributed by atoms with E-state index < -0.39 is 0 Å². The Morgan fingerprint density at radius 3 is 2.94 bits per heavy atom. The molecule has 1 aliphatic rings. The second kappa shape index (κ2) is 6.07. The van der Waals surface area contributed by atoms with Crippen molar-refractivity contribution in [2.75, 3.05) is 11.9 Å². The molecule has 1 unspecified atom stereocenters. The van der Waals surface area contributed by atoms with Gasteiger partial charge in [-0.25, -0.2) is 0 Å². The molecule has 18 heavy (non-hydrogen) atoms. The van der Waals surface area contributed by atoms with E-state index in [-0.39, 0.29) is 5.91 Å². The second-order valence-electron chi connectivity index (χ2n) is 4.79. The molecular formula is C14H17BrClNO. The maximum absolute atomic E-state index is 12.5. The summed E-state index contributed by atoms with van der Waals surface area (Å²) in [6.07, 6.45) is 3.35. The third-order valence-electron chi connectivity index (χ3n) is 3.42. The average molecular weight is 331 g/mol. The van der Waals surface area contributed by atoms with Crippen LogP contribution in [-0.2, 0) is 0 Å². The van der Waals surface area contributed by atoms with Crippen molar-refractivity contribution in [2.45, 2.75) is 32.2 Å². The summed E-state index contributed by atoms with van der Waals surface area (Å²) in [7, 11) is 0. The fourth-order valence-electron chi connectivity index (χ4n) is 2.38. The molecule has 0 bridgehead atoms. The van der Waals surface area contributed by atoms with Crippen molar-refractivity contribution >= 4 is 33.4 Å². The van der Waals surface area contributed by atoms with Crippen LogP contribution in [0, 0.1) is 6.92 Å². The van der Waals surface area contributed by atoms with Gasteiger partial charge in [-0.3, -0.25) is 4.79 Å². The van der Waals surface area contributed by atoms with Gasteiger partial charge in [-0.15, -0.1) is 0 Å². The molecule has 1 atom stereocenters. The SMILES string of the molecule is Cc1ccc(C(=O)N2CCCCC2CBr)c(Cl)c1. The highest BCUT2D eigenvalue weighted by molar-refractivity contribution is 9.09. The molecule has 98 valence electrons. The molecular weight excluding hydrogens is 314 g/mol. The van der Waals surface area contributed by atoms with Crippen LogP contribution in [0.3, 0.4) is 0 Å². The Morgan fingerprint density at radius 1 is 1.50 bits per heavy atom. The van der Waals surface area contributed by atoms with E-state index >= 15 is 0 Å².